The minimum absolute atomic E-state index is 0.0105. The number of nitrogens with zero attached hydrogens (tertiary/aromatic N) is 1. The lowest BCUT2D eigenvalue weighted by molar-refractivity contribution is 0.00796. The summed E-state index contributed by atoms with van der Waals surface area (Å²) in [5.74, 6) is 1.14. The summed E-state index contributed by atoms with van der Waals surface area (Å²) in [6.07, 6.45) is 4.19. The zero-order valence-electron chi connectivity index (χ0n) is 13.4. The van der Waals surface area contributed by atoms with Crippen molar-refractivity contribution in [1.82, 2.24) is 4.90 Å². The Hall–Kier alpha value is -1.75. The molecule has 2 fully saturated rings. The molecule has 2 aliphatic rings. The normalized spacial score (nSPS) is 26.9. The molecule has 5 heteroatoms. The quantitative estimate of drug-likeness (QED) is 0.857. The Morgan fingerprint density at radius 2 is 1.59 bits per heavy atom. The first-order valence-corrected chi connectivity index (χ1v) is 7.76. The summed E-state index contributed by atoms with van der Waals surface area (Å²) in [6.45, 7) is 0. The maximum absolute atomic E-state index is 13.1. The highest BCUT2D eigenvalue weighted by molar-refractivity contribution is 6.00. The van der Waals surface area contributed by atoms with Gasteiger partial charge in [0.1, 0.15) is 17.1 Å². The van der Waals surface area contributed by atoms with E-state index in [1.165, 1.54) is 0 Å². The molecule has 2 atom stereocenters. The number of amides is 1. The summed E-state index contributed by atoms with van der Waals surface area (Å²) in [5.41, 5.74) is 0.528. The number of carbonyl (C=O) groups excluding carboxylic acids is 1. The van der Waals surface area contributed by atoms with Crippen LogP contribution in [-0.4, -0.2) is 50.3 Å². The van der Waals surface area contributed by atoms with Crippen LogP contribution in [0.4, 0.5) is 0 Å². The van der Waals surface area contributed by atoms with Gasteiger partial charge in [0.05, 0.1) is 20.3 Å². The molecular formula is C17H23NO4. The Bertz CT molecular complexity index is 523. The average Bonchev–Trinajstić information content (AvgIpc) is 2.83. The zero-order chi connectivity index (χ0) is 15.7. The third-order valence-electron chi connectivity index (χ3n) is 4.90. The third-order valence-corrected chi connectivity index (χ3v) is 4.90. The van der Waals surface area contributed by atoms with Crippen molar-refractivity contribution in [3.05, 3.63) is 23.8 Å². The van der Waals surface area contributed by atoms with Gasteiger partial charge in [-0.1, -0.05) is 6.07 Å². The van der Waals surface area contributed by atoms with Gasteiger partial charge in [-0.2, -0.15) is 0 Å². The Balaban J connectivity index is 1.92. The second kappa shape index (κ2) is 6.16. The Labute approximate surface area is 131 Å². The van der Waals surface area contributed by atoms with Gasteiger partial charge >= 0.3 is 0 Å². The van der Waals surface area contributed by atoms with Gasteiger partial charge in [-0.25, -0.2) is 0 Å². The molecule has 0 aliphatic carbocycles. The number of fused-ring (bicyclic) bond motifs is 2. The Morgan fingerprint density at radius 1 is 1.05 bits per heavy atom. The smallest absolute Gasteiger partial charge is 0.261 e. The first-order chi connectivity index (χ1) is 10.7. The molecule has 1 amide bonds. The monoisotopic (exact) mass is 305 g/mol. The first kappa shape index (κ1) is 15.2. The number of rotatable bonds is 4. The highest BCUT2D eigenvalue weighted by Crippen LogP contribution is 2.40. The number of carbonyl (C=O) groups is 1. The largest absolute Gasteiger partial charge is 0.496 e. The van der Waals surface area contributed by atoms with Gasteiger partial charge in [0.25, 0.3) is 5.91 Å². The molecule has 0 aromatic heterocycles. The second-order valence-electron chi connectivity index (χ2n) is 5.96. The summed E-state index contributed by atoms with van der Waals surface area (Å²) in [7, 11) is 4.92. The standard InChI is InChI=1S/C17H23NO4/c1-20-13-9-11-7-8-12(10-13)18(11)17(19)16-14(21-2)5-4-6-15(16)22-3/h4-6,11-13H,7-10H2,1-3H3. The maximum atomic E-state index is 13.1. The van der Waals surface area contributed by atoms with Crippen LogP contribution < -0.4 is 9.47 Å². The van der Waals surface area contributed by atoms with Crippen LogP contribution in [0.25, 0.3) is 0 Å². The number of benzene rings is 1. The molecule has 3 rings (SSSR count). The third kappa shape index (κ3) is 2.43. The lowest BCUT2D eigenvalue weighted by atomic mass is 9.98. The highest BCUT2D eigenvalue weighted by atomic mass is 16.5. The van der Waals surface area contributed by atoms with Gasteiger partial charge in [0.15, 0.2) is 0 Å². The fourth-order valence-electron chi connectivity index (χ4n) is 3.84. The van der Waals surface area contributed by atoms with E-state index in [0.29, 0.717) is 17.1 Å². The van der Waals surface area contributed by atoms with E-state index in [9.17, 15) is 4.79 Å². The number of piperidine rings is 1. The predicted molar refractivity (Wildman–Crippen MR) is 82.6 cm³/mol. The average molecular weight is 305 g/mol. The van der Waals surface area contributed by atoms with Crippen LogP contribution in [0.1, 0.15) is 36.0 Å². The molecule has 5 nitrogen and oxygen atoms in total. The second-order valence-corrected chi connectivity index (χ2v) is 5.96. The van der Waals surface area contributed by atoms with Gasteiger partial charge in [-0.3, -0.25) is 4.79 Å². The maximum Gasteiger partial charge on any atom is 0.261 e. The SMILES string of the molecule is COc1cccc(OC)c1C(=O)N1C2CCC1CC(OC)C2. The van der Waals surface area contributed by atoms with Crippen molar-refractivity contribution in [2.24, 2.45) is 0 Å². The first-order valence-electron chi connectivity index (χ1n) is 7.76. The minimum Gasteiger partial charge on any atom is -0.496 e. The van der Waals surface area contributed by atoms with E-state index >= 15 is 0 Å². The van der Waals surface area contributed by atoms with E-state index in [1.54, 1.807) is 33.5 Å². The predicted octanol–water partition coefficient (Wildman–Crippen LogP) is 2.49. The fourth-order valence-corrected chi connectivity index (χ4v) is 3.84. The van der Waals surface area contributed by atoms with Crippen molar-refractivity contribution >= 4 is 5.91 Å². The van der Waals surface area contributed by atoms with E-state index in [2.05, 4.69) is 0 Å². The molecular weight excluding hydrogens is 282 g/mol. The molecule has 22 heavy (non-hydrogen) atoms. The molecule has 2 aliphatic heterocycles. The van der Waals surface area contributed by atoms with Crippen LogP contribution in [-0.2, 0) is 4.74 Å². The van der Waals surface area contributed by atoms with E-state index in [0.717, 1.165) is 25.7 Å². The van der Waals surface area contributed by atoms with Crippen molar-refractivity contribution < 1.29 is 19.0 Å². The van der Waals surface area contributed by atoms with E-state index < -0.39 is 0 Å². The Kier molecular flexibility index (Phi) is 4.25. The van der Waals surface area contributed by atoms with E-state index in [4.69, 9.17) is 14.2 Å². The van der Waals surface area contributed by atoms with Crippen LogP contribution in [0, 0.1) is 0 Å². The lowest BCUT2D eigenvalue weighted by Crippen LogP contribution is -2.48. The van der Waals surface area contributed by atoms with Gasteiger partial charge in [-0.15, -0.1) is 0 Å². The van der Waals surface area contributed by atoms with E-state index in [-0.39, 0.29) is 24.1 Å². The van der Waals surface area contributed by atoms with Crippen LogP contribution in [0.3, 0.4) is 0 Å². The summed E-state index contributed by atoms with van der Waals surface area (Å²) < 4.78 is 16.3. The molecule has 1 aromatic rings. The fraction of sp³-hybridized carbons (Fsp3) is 0.588. The molecule has 0 N–H and O–H groups in total. The molecule has 1 aromatic carbocycles. The van der Waals surface area contributed by atoms with Gasteiger partial charge in [0, 0.05) is 19.2 Å². The Morgan fingerprint density at radius 3 is 2.05 bits per heavy atom. The minimum atomic E-state index is 0.0105. The van der Waals surface area contributed by atoms with Gasteiger partial charge < -0.3 is 19.1 Å². The molecule has 2 saturated heterocycles. The van der Waals surface area contributed by atoms with Crippen LogP contribution in [0.5, 0.6) is 11.5 Å². The number of hydrogen-bond acceptors (Lipinski definition) is 4. The molecule has 2 bridgehead atoms. The van der Waals surface area contributed by atoms with Crippen molar-refractivity contribution in [2.45, 2.75) is 43.9 Å². The van der Waals surface area contributed by atoms with E-state index in [1.807, 2.05) is 11.0 Å². The molecule has 120 valence electrons. The van der Waals surface area contributed by atoms with Crippen molar-refractivity contribution in [1.29, 1.82) is 0 Å². The summed E-state index contributed by atoms with van der Waals surface area (Å²) in [4.78, 5) is 15.2. The summed E-state index contributed by atoms with van der Waals surface area (Å²) in [6, 6.07) is 5.95. The zero-order valence-corrected chi connectivity index (χ0v) is 13.4. The molecule has 0 saturated carbocycles. The highest BCUT2D eigenvalue weighted by Gasteiger charge is 2.44. The molecule has 0 spiro atoms. The van der Waals surface area contributed by atoms with Gasteiger partial charge in [0.2, 0.25) is 0 Å². The number of ether oxygens (including phenoxy) is 3. The molecule has 0 radical (unpaired) electrons. The van der Waals surface area contributed by atoms with Crippen LogP contribution >= 0.6 is 0 Å². The van der Waals surface area contributed by atoms with Gasteiger partial charge in [-0.05, 0) is 37.8 Å². The van der Waals surface area contributed by atoms with Crippen LogP contribution in [0.2, 0.25) is 0 Å². The van der Waals surface area contributed by atoms with Crippen molar-refractivity contribution in [2.75, 3.05) is 21.3 Å². The van der Waals surface area contributed by atoms with Crippen molar-refractivity contribution in [3.8, 4) is 11.5 Å². The molecule has 2 heterocycles. The summed E-state index contributed by atoms with van der Waals surface area (Å²) >= 11 is 0. The number of methoxy groups -OCH3 is 3. The summed E-state index contributed by atoms with van der Waals surface area (Å²) in [5, 5.41) is 0. The van der Waals surface area contributed by atoms with Crippen molar-refractivity contribution in [3.63, 3.8) is 0 Å². The molecule has 2 unspecified atom stereocenters. The topological polar surface area (TPSA) is 48.0 Å². The van der Waals surface area contributed by atoms with Crippen LogP contribution in [0.15, 0.2) is 18.2 Å². The number of hydrogen-bond donors (Lipinski definition) is 0. The lowest BCUT2D eigenvalue weighted by Gasteiger charge is -2.38.